The summed E-state index contributed by atoms with van der Waals surface area (Å²) in [5.74, 6) is -0.0135. The van der Waals surface area contributed by atoms with E-state index in [-0.39, 0.29) is 11.6 Å². The average Bonchev–Trinajstić information content (AvgIpc) is 3.21. The van der Waals surface area contributed by atoms with E-state index in [9.17, 15) is 9.18 Å². The third kappa shape index (κ3) is 4.01. The minimum Gasteiger partial charge on any atom is -0.495 e. The molecule has 0 fully saturated rings. The molecule has 0 aliphatic rings. The van der Waals surface area contributed by atoms with Crippen molar-refractivity contribution in [2.75, 3.05) is 12.4 Å². The summed E-state index contributed by atoms with van der Waals surface area (Å²) < 4.78 is 20.2. The maximum atomic E-state index is 13.4. The topological polar surface area (TPSA) is 69.0 Å². The minimum absolute atomic E-state index is 0.0461. The molecule has 4 rings (SSSR count). The molecule has 0 saturated heterocycles. The van der Waals surface area contributed by atoms with Gasteiger partial charge >= 0.3 is 0 Å². The maximum absolute atomic E-state index is 13.4. The van der Waals surface area contributed by atoms with Crippen LogP contribution in [-0.2, 0) is 0 Å². The van der Waals surface area contributed by atoms with Crippen LogP contribution in [-0.4, -0.2) is 27.8 Å². The van der Waals surface area contributed by atoms with Crippen LogP contribution in [0.2, 0.25) is 5.02 Å². The molecule has 6 nitrogen and oxygen atoms in total. The van der Waals surface area contributed by atoms with Crippen LogP contribution in [0.15, 0.2) is 72.8 Å². The number of hydrogen-bond donors (Lipinski definition) is 1. The fourth-order valence-electron chi connectivity index (χ4n) is 2.88. The number of amides is 1. The van der Waals surface area contributed by atoms with Crippen molar-refractivity contribution in [2.45, 2.75) is 0 Å². The SMILES string of the molecule is COc1ccccc1NC(=O)c1nc(-c2ccc(F)cc2)n(-c2ccc(Cl)cc2)n1. The third-order valence-corrected chi connectivity index (χ3v) is 4.59. The number of ether oxygens (including phenoxy) is 1. The lowest BCUT2D eigenvalue weighted by molar-refractivity contribution is 0.101. The molecule has 1 amide bonds. The molecular formula is C22H16ClFN4O2. The molecule has 0 bridgehead atoms. The van der Waals surface area contributed by atoms with Crippen LogP contribution in [0.1, 0.15) is 10.6 Å². The Morgan fingerprint density at radius 2 is 1.73 bits per heavy atom. The van der Waals surface area contributed by atoms with E-state index in [1.807, 2.05) is 0 Å². The Balaban J connectivity index is 1.75. The number of carbonyl (C=O) groups is 1. The highest BCUT2D eigenvalue weighted by molar-refractivity contribution is 6.30. The summed E-state index contributed by atoms with van der Waals surface area (Å²) in [6, 6.07) is 19.8. The lowest BCUT2D eigenvalue weighted by Gasteiger charge is -2.08. The summed E-state index contributed by atoms with van der Waals surface area (Å²) in [7, 11) is 1.52. The molecule has 0 spiro atoms. The molecule has 0 atom stereocenters. The highest BCUT2D eigenvalue weighted by atomic mass is 35.5. The van der Waals surface area contributed by atoms with Gasteiger partial charge in [-0.3, -0.25) is 4.79 Å². The molecule has 1 N–H and O–H groups in total. The number of benzene rings is 3. The molecule has 0 unspecified atom stereocenters. The summed E-state index contributed by atoms with van der Waals surface area (Å²) in [6.45, 7) is 0. The van der Waals surface area contributed by atoms with Gasteiger partial charge in [-0.15, -0.1) is 5.10 Å². The molecule has 3 aromatic carbocycles. The van der Waals surface area contributed by atoms with Gasteiger partial charge in [-0.2, -0.15) is 0 Å². The van der Waals surface area contributed by atoms with Crippen molar-refractivity contribution in [2.24, 2.45) is 0 Å². The summed E-state index contributed by atoms with van der Waals surface area (Å²) in [5, 5.41) is 7.70. The lowest BCUT2D eigenvalue weighted by atomic mass is 10.2. The molecule has 1 heterocycles. The molecule has 0 radical (unpaired) electrons. The van der Waals surface area contributed by atoms with E-state index in [2.05, 4.69) is 15.4 Å². The normalized spacial score (nSPS) is 10.6. The molecule has 0 aliphatic heterocycles. The van der Waals surface area contributed by atoms with Gasteiger partial charge in [0, 0.05) is 10.6 Å². The van der Waals surface area contributed by atoms with Crippen LogP contribution < -0.4 is 10.1 Å². The molecular weight excluding hydrogens is 407 g/mol. The van der Waals surface area contributed by atoms with Gasteiger partial charge in [-0.1, -0.05) is 23.7 Å². The number of carbonyl (C=O) groups excluding carboxylic acids is 1. The van der Waals surface area contributed by atoms with Crippen molar-refractivity contribution in [1.82, 2.24) is 14.8 Å². The Hall–Kier alpha value is -3.71. The summed E-state index contributed by atoms with van der Waals surface area (Å²) in [4.78, 5) is 17.2. The average molecular weight is 423 g/mol. The zero-order valence-corrected chi connectivity index (χ0v) is 16.6. The third-order valence-electron chi connectivity index (χ3n) is 4.34. The second-order valence-corrected chi connectivity index (χ2v) is 6.74. The van der Waals surface area contributed by atoms with E-state index in [1.165, 1.54) is 23.9 Å². The van der Waals surface area contributed by atoms with Gasteiger partial charge in [-0.25, -0.2) is 14.1 Å². The monoisotopic (exact) mass is 422 g/mol. The van der Waals surface area contributed by atoms with Crippen molar-refractivity contribution in [3.05, 3.63) is 89.5 Å². The number of nitrogens with one attached hydrogen (secondary N) is 1. The van der Waals surface area contributed by atoms with Gasteiger partial charge in [0.1, 0.15) is 11.6 Å². The first-order valence-electron chi connectivity index (χ1n) is 8.98. The quantitative estimate of drug-likeness (QED) is 0.492. The Labute approximate surface area is 176 Å². The van der Waals surface area contributed by atoms with Gasteiger partial charge in [0.05, 0.1) is 18.5 Å². The molecule has 4 aromatic rings. The highest BCUT2D eigenvalue weighted by Crippen LogP contribution is 2.25. The molecule has 1 aromatic heterocycles. The number of halogens is 2. The fourth-order valence-corrected chi connectivity index (χ4v) is 3.01. The Bertz CT molecular complexity index is 1130. The van der Waals surface area contributed by atoms with Gasteiger partial charge in [-0.05, 0) is 60.7 Å². The Morgan fingerprint density at radius 3 is 2.43 bits per heavy atom. The van der Waals surface area contributed by atoms with Gasteiger partial charge in [0.2, 0.25) is 5.82 Å². The van der Waals surface area contributed by atoms with Crippen molar-refractivity contribution < 1.29 is 13.9 Å². The second-order valence-electron chi connectivity index (χ2n) is 6.31. The molecule has 0 aliphatic carbocycles. The molecule has 0 saturated carbocycles. The van der Waals surface area contributed by atoms with Crippen LogP contribution in [0.4, 0.5) is 10.1 Å². The predicted octanol–water partition coefficient (Wildman–Crippen LogP) is 4.99. The van der Waals surface area contributed by atoms with Crippen LogP contribution in [0.5, 0.6) is 5.75 Å². The number of para-hydroxylation sites is 2. The van der Waals surface area contributed by atoms with Crippen molar-refractivity contribution >= 4 is 23.2 Å². The first-order valence-corrected chi connectivity index (χ1v) is 9.36. The van der Waals surface area contributed by atoms with Crippen molar-refractivity contribution in [1.29, 1.82) is 0 Å². The van der Waals surface area contributed by atoms with Crippen molar-refractivity contribution in [3.8, 4) is 22.8 Å². The van der Waals surface area contributed by atoms with Crippen LogP contribution in [0, 0.1) is 5.82 Å². The Kier molecular flexibility index (Phi) is 5.45. The van der Waals surface area contributed by atoms with Crippen LogP contribution in [0.3, 0.4) is 0 Å². The number of hydrogen-bond acceptors (Lipinski definition) is 4. The fraction of sp³-hybridized carbons (Fsp3) is 0.0455. The zero-order chi connectivity index (χ0) is 21.1. The number of anilines is 1. The van der Waals surface area contributed by atoms with E-state index in [1.54, 1.807) is 60.7 Å². The van der Waals surface area contributed by atoms with Crippen LogP contribution >= 0.6 is 11.6 Å². The van der Waals surface area contributed by atoms with Crippen LogP contribution in [0.25, 0.3) is 17.1 Å². The largest absolute Gasteiger partial charge is 0.495 e. The lowest BCUT2D eigenvalue weighted by Crippen LogP contribution is -2.14. The second kappa shape index (κ2) is 8.34. The predicted molar refractivity (Wildman–Crippen MR) is 113 cm³/mol. The number of methoxy groups -OCH3 is 1. The number of rotatable bonds is 5. The summed E-state index contributed by atoms with van der Waals surface area (Å²) in [6.07, 6.45) is 0. The molecule has 30 heavy (non-hydrogen) atoms. The first-order chi connectivity index (χ1) is 14.5. The zero-order valence-electron chi connectivity index (χ0n) is 15.8. The van der Waals surface area contributed by atoms with Gasteiger partial charge in [0.15, 0.2) is 5.82 Å². The smallest absolute Gasteiger partial charge is 0.295 e. The number of nitrogens with zero attached hydrogens (tertiary/aromatic N) is 3. The Morgan fingerprint density at radius 1 is 1.03 bits per heavy atom. The standard InChI is InChI=1S/C22H16ClFN4O2/c1-30-19-5-3-2-4-18(19)25-22(29)20-26-21(14-6-10-16(24)11-7-14)28(27-20)17-12-8-15(23)9-13-17/h2-13H,1H3,(H,25,29). The van der Waals surface area contributed by atoms with Gasteiger partial charge < -0.3 is 10.1 Å². The maximum Gasteiger partial charge on any atom is 0.295 e. The van der Waals surface area contributed by atoms with E-state index >= 15 is 0 Å². The van der Waals surface area contributed by atoms with E-state index < -0.39 is 5.91 Å². The highest BCUT2D eigenvalue weighted by Gasteiger charge is 2.20. The van der Waals surface area contributed by atoms with E-state index in [0.29, 0.717) is 33.5 Å². The van der Waals surface area contributed by atoms with Crippen molar-refractivity contribution in [3.63, 3.8) is 0 Å². The van der Waals surface area contributed by atoms with Gasteiger partial charge in [0.25, 0.3) is 5.91 Å². The minimum atomic E-state index is -0.504. The summed E-state index contributed by atoms with van der Waals surface area (Å²) in [5.41, 5.74) is 1.76. The number of aromatic nitrogens is 3. The summed E-state index contributed by atoms with van der Waals surface area (Å²) >= 11 is 5.98. The molecule has 8 heteroatoms. The molecule has 150 valence electrons. The van der Waals surface area contributed by atoms with E-state index in [0.717, 1.165) is 0 Å². The van der Waals surface area contributed by atoms with E-state index in [4.69, 9.17) is 16.3 Å². The first kappa shape index (κ1) is 19.6.